The summed E-state index contributed by atoms with van der Waals surface area (Å²) in [5.74, 6) is -0.850. The van der Waals surface area contributed by atoms with Gasteiger partial charge < -0.3 is 15.0 Å². The van der Waals surface area contributed by atoms with Gasteiger partial charge in [0.1, 0.15) is 17.4 Å². The largest absolute Gasteiger partial charge is 0.387 e. The average Bonchev–Trinajstić information content (AvgIpc) is 3.03. The van der Waals surface area contributed by atoms with E-state index in [-0.39, 0.29) is 16.1 Å². The van der Waals surface area contributed by atoms with E-state index in [9.17, 15) is 9.18 Å². The maximum Gasteiger partial charge on any atom is 0.248 e. The zero-order valence-corrected chi connectivity index (χ0v) is 14.9. The fraction of sp³-hybridized carbons (Fsp3) is 0.235. The Kier molecular flexibility index (Phi) is 4.30. The number of halogens is 3. The first-order valence-corrected chi connectivity index (χ1v) is 8.63. The lowest BCUT2D eigenvalue weighted by atomic mass is 10.0. The van der Waals surface area contributed by atoms with E-state index in [4.69, 9.17) is 28.3 Å². The Morgan fingerprint density at radius 3 is 2.92 bits per heavy atom. The lowest BCUT2D eigenvalue weighted by Crippen LogP contribution is -2.37. The Bertz CT molecular complexity index is 1040. The first-order valence-electron chi connectivity index (χ1n) is 7.87. The normalized spacial score (nSPS) is 13.9. The number of aromatic amines is 1. The van der Waals surface area contributed by atoms with Crippen molar-refractivity contribution in [3.05, 3.63) is 45.7 Å². The first-order chi connectivity index (χ1) is 12.5. The highest BCUT2D eigenvalue weighted by Crippen LogP contribution is 2.40. The molecule has 0 saturated heterocycles. The Morgan fingerprint density at radius 1 is 1.38 bits per heavy atom. The quantitative estimate of drug-likeness (QED) is 0.654. The second kappa shape index (κ2) is 6.50. The number of H-pyrrole nitrogens is 1. The van der Waals surface area contributed by atoms with Crippen molar-refractivity contribution in [1.82, 2.24) is 19.9 Å². The highest BCUT2D eigenvalue weighted by Gasteiger charge is 2.27. The molecule has 3 aromatic heterocycles. The van der Waals surface area contributed by atoms with Crippen LogP contribution in [-0.4, -0.2) is 44.0 Å². The number of aliphatic hydroxyl groups is 1. The SMILES string of the molecule is O=C(CO)N1CCc2[nH]c3c(Cl)c(Cl)nc(-c4cncc(F)c4)c3c2C1. The van der Waals surface area contributed by atoms with Gasteiger partial charge in [0, 0.05) is 47.9 Å². The zero-order valence-electron chi connectivity index (χ0n) is 13.4. The highest BCUT2D eigenvalue weighted by molar-refractivity contribution is 6.44. The molecule has 134 valence electrons. The monoisotopic (exact) mass is 394 g/mol. The zero-order chi connectivity index (χ0) is 18.4. The van der Waals surface area contributed by atoms with Crippen molar-refractivity contribution < 1.29 is 14.3 Å². The molecule has 9 heteroatoms. The summed E-state index contributed by atoms with van der Waals surface area (Å²) in [5.41, 5.74) is 3.24. The molecule has 0 atom stereocenters. The van der Waals surface area contributed by atoms with Crippen LogP contribution in [0.15, 0.2) is 18.5 Å². The van der Waals surface area contributed by atoms with Crippen molar-refractivity contribution in [2.45, 2.75) is 13.0 Å². The van der Waals surface area contributed by atoms with Gasteiger partial charge in [-0.2, -0.15) is 0 Å². The number of nitrogens with zero attached hydrogens (tertiary/aromatic N) is 3. The molecule has 1 amide bonds. The Morgan fingerprint density at radius 2 is 2.19 bits per heavy atom. The fourth-order valence-electron chi connectivity index (χ4n) is 3.29. The van der Waals surface area contributed by atoms with E-state index >= 15 is 0 Å². The van der Waals surface area contributed by atoms with Gasteiger partial charge in [-0.05, 0) is 6.07 Å². The highest BCUT2D eigenvalue weighted by atomic mass is 35.5. The maximum atomic E-state index is 13.7. The number of pyridine rings is 2. The smallest absolute Gasteiger partial charge is 0.248 e. The predicted octanol–water partition coefficient (Wildman–Crippen LogP) is 2.95. The third kappa shape index (κ3) is 2.72. The number of fused-ring (bicyclic) bond motifs is 3. The molecule has 4 heterocycles. The molecule has 0 spiro atoms. The molecule has 6 nitrogen and oxygen atoms in total. The summed E-state index contributed by atoms with van der Waals surface area (Å²) >= 11 is 12.5. The molecule has 1 aliphatic heterocycles. The van der Waals surface area contributed by atoms with Crippen LogP contribution in [0.5, 0.6) is 0 Å². The van der Waals surface area contributed by atoms with Gasteiger partial charge in [0.15, 0.2) is 5.15 Å². The van der Waals surface area contributed by atoms with E-state index in [1.54, 1.807) is 4.90 Å². The Hall–Kier alpha value is -2.22. The fourth-order valence-corrected chi connectivity index (χ4v) is 3.65. The van der Waals surface area contributed by atoms with Crippen molar-refractivity contribution >= 4 is 40.0 Å². The Balaban J connectivity index is 1.97. The number of aromatic nitrogens is 3. The minimum absolute atomic E-state index is 0.0975. The van der Waals surface area contributed by atoms with E-state index in [2.05, 4.69) is 15.0 Å². The lowest BCUT2D eigenvalue weighted by Gasteiger charge is -2.26. The number of aliphatic hydroxyl groups excluding tert-OH is 1. The van der Waals surface area contributed by atoms with Crippen LogP contribution in [0.3, 0.4) is 0 Å². The molecule has 2 N–H and O–H groups in total. The maximum absolute atomic E-state index is 13.7. The summed E-state index contributed by atoms with van der Waals surface area (Å²) < 4.78 is 13.7. The van der Waals surface area contributed by atoms with Crippen molar-refractivity contribution in [2.24, 2.45) is 0 Å². The van der Waals surface area contributed by atoms with E-state index in [1.807, 2.05) is 0 Å². The third-order valence-corrected chi connectivity index (χ3v) is 5.22. The number of amides is 1. The average molecular weight is 395 g/mol. The molecule has 1 aliphatic rings. The van der Waals surface area contributed by atoms with Gasteiger partial charge in [0.25, 0.3) is 0 Å². The summed E-state index contributed by atoms with van der Waals surface area (Å²) in [4.78, 5) is 24.9. The van der Waals surface area contributed by atoms with Gasteiger partial charge in [0.05, 0.1) is 17.4 Å². The van der Waals surface area contributed by atoms with Crippen molar-refractivity contribution in [1.29, 1.82) is 0 Å². The molecular formula is C17H13Cl2FN4O2. The standard InChI is InChI=1S/C17H13Cl2FN4O2/c18-14-16-13(10-6-24(12(26)7-25)2-1-11(10)22-16)15(23-17(14)19)8-3-9(20)5-21-4-8/h3-5,22,25H,1-2,6-7H2. The van der Waals surface area contributed by atoms with Gasteiger partial charge in [-0.25, -0.2) is 9.37 Å². The number of carbonyl (C=O) groups excluding carboxylic acids is 1. The molecule has 0 aromatic carbocycles. The van der Waals surface area contributed by atoms with Crippen LogP contribution >= 0.6 is 23.2 Å². The van der Waals surface area contributed by atoms with Crippen LogP contribution in [0.25, 0.3) is 22.2 Å². The third-order valence-electron chi connectivity index (χ3n) is 4.49. The Labute approximate surface area is 157 Å². The molecule has 0 saturated carbocycles. The molecule has 0 radical (unpaired) electrons. The van der Waals surface area contributed by atoms with E-state index in [1.165, 1.54) is 12.3 Å². The molecule has 0 fully saturated rings. The number of carbonyl (C=O) groups is 1. The van der Waals surface area contributed by atoms with Crippen LogP contribution in [0.4, 0.5) is 4.39 Å². The van der Waals surface area contributed by atoms with Gasteiger partial charge in [-0.3, -0.25) is 9.78 Å². The van der Waals surface area contributed by atoms with Gasteiger partial charge in [0.2, 0.25) is 5.91 Å². The second-order valence-electron chi connectivity index (χ2n) is 6.01. The van der Waals surface area contributed by atoms with Crippen LogP contribution in [0.1, 0.15) is 11.3 Å². The van der Waals surface area contributed by atoms with E-state index < -0.39 is 12.4 Å². The second-order valence-corrected chi connectivity index (χ2v) is 6.75. The van der Waals surface area contributed by atoms with Crippen LogP contribution in [0.2, 0.25) is 10.2 Å². The summed E-state index contributed by atoms with van der Waals surface area (Å²) in [6.07, 6.45) is 3.17. The number of rotatable bonds is 2. The first kappa shape index (κ1) is 17.2. The van der Waals surface area contributed by atoms with E-state index in [0.29, 0.717) is 41.7 Å². The molecule has 26 heavy (non-hydrogen) atoms. The minimum atomic E-state index is -0.552. The summed E-state index contributed by atoms with van der Waals surface area (Å²) in [7, 11) is 0. The van der Waals surface area contributed by atoms with Gasteiger partial charge in [-0.1, -0.05) is 23.2 Å². The number of hydrogen-bond donors (Lipinski definition) is 2. The lowest BCUT2D eigenvalue weighted by molar-refractivity contribution is -0.135. The molecule has 0 bridgehead atoms. The molecular weight excluding hydrogens is 382 g/mol. The molecule has 3 aromatic rings. The summed E-state index contributed by atoms with van der Waals surface area (Å²) in [5, 5.41) is 10.2. The number of nitrogens with one attached hydrogen (secondary N) is 1. The summed E-state index contributed by atoms with van der Waals surface area (Å²) in [6.45, 7) is 0.224. The summed E-state index contributed by atoms with van der Waals surface area (Å²) in [6, 6.07) is 1.32. The molecule has 0 unspecified atom stereocenters. The van der Waals surface area contributed by atoms with Crippen LogP contribution < -0.4 is 0 Å². The van der Waals surface area contributed by atoms with Crippen molar-refractivity contribution in [3.63, 3.8) is 0 Å². The topological polar surface area (TPSA) is 82.1 Å². The molecule has 0 aliphatic carbocycles. The van der Waals surface area contributed by atoms with Gasteiger partial charge in [-0.15, -0.1) is 0 Å². The van der Waals surface area contributed by atoms with Crippen LogP contribution in [0, 0.1) is 5.82 Å². The van der Waals surface area contributed by atoms with E-state index in [0.717, 1.165) is 17.5 Å². The van der Waals surface area contributed by atoms with Crippen LogP contribution in [-0.2, 0) is 17.8 Å². The van der Waals surface area contributed by atoms with Crippen molar-refractivity contribution in [3.8, 4) is 11.3 Å². The van der Waals surface area contributed by atoms with Crippen molar-refractivity contribution in [2.75, 3.05) is 13.2 Å². The van der Waals surface area contributed by atoms with Gasteiger partial charge >= 0.3 is 0 Å². The predicted molar refractivity (Wildman–Crippen MR) is 95.5 cm³/mol. The minimum Gasteiger partial charge on any atom is -0.387 e. The number of hydrogen-bond acceptors (Lipinski definition) is 4. The molecule has 4 rings (SSSR count).